The lowest BCUT2D eigenvalue weighted by atomic mass is 10.2. The quantitative estimate of drug-likeness (QED) is 0.870. The highest BCUT2D eigenvalue weighted by Gasteiger charge is 2.16. The second kappa shape index (κ2) is 6.55. The third-order valence-electron chi connectivity index (χ3n) is 3.28. The van der Waals surface area contributed by atoms with Crippen LogP contribution < -0.4 is 10.2 Å². The standard InChI is InChI=1S/C16H24N4/c1-5-11-20(12(3)4)15-13-9-7-8-10-14(13)18-16(19-15)17-6-2/h7-10,12H,5-6,11H2,1-4H3,(H,17,18,19). The molecule has 0 amide bonds. The predicted molar refractivity (Wildman–Crippen MR) is 86.5 cm³/mol. The van der Waals surface area contributed by atoms with Crippen molar-refractivity contribution in [1.29, 1.82) is 0 Å². The fourth-order valence-electron chi connectivity index (χ4n) is 2.37. The number of hydrogen-bond donors (Lipinski definition) is 1. The van der Waals surface area contributed by atoms with Crippen molar-refractivity contribution in [3.8, 4) is 0 Å². The summed E-state index contributed by atoms with van der Waals surface area (Å²) in [4.78, 5) is 11.7. The normalized spacial score (nSPS) is 11.1. The van der Waals surface area contributed by atoms with Crippen molar-refractivity contribution in [3.05, 3.63) is 24.3 Å². The van der Waals surface area contributed by atoms with E-state index in [1.54, 1.807) is 0 Å². The van der Waals surface area contributed by atoms with E-state index in [-0.39, 0.29) is 0 Å². The molecule has 1 heterocycles. The molecule has 1 N–H and O–H groups in total. The monoisotopic (exact) mass is 272 g/mol. The molecule has 0 aliphatic carbocycles. The van der Waals surface area contributed by atoms with E-state index in [4.69, 9.17) is 4.98 Å². The summed E-state index contributed by atoms with van der Waals surface area (Å²) >= 11 is 0. The van der Waals surface area contributed by atoms with Gasteiger partial charge >= 0.3 is 0 Å². The van der Waals surface area contributed by atoms with Crippen LogP contribution in [0.5, 0.6) is 0 Å². The maximum atomic E-state index is 4.73. The number of aromatic nitrogens is 2. The second-order valence-corrected chi connectivity index (χ2v) is 5.21. The Hall–Kier alpha value is -1.84. The summed E-state index contributed by atoms with van der Waals surface area (Å²) in [7, 11) is 0. The molecule has 0 bridgehead atoms. The van der Waals surface area contributed by atoms with Gasteiger partial charge < -0.3 is 10.2 Å². The first-order valence-corrected chi connectivity index (χ1v) is 7.44. The Labute approximate surface area is 121 Å². The van der Waals surface area contributed by atoms with Gasteiger partial charge in [-0.05, 0) is 39.3 Å². The van der Waals surface area contributed by atoms with Crippen molar-refractivity contribution in [1.82, 2.24) is 9.97 Å². The lowest BCUT2D eigenvalue weighted by Crippen LogP contribution is -2.32. The molecule has 0 aliphatic rings. The minimum atomic E-state index is 0.419. The molecule has 2 aromatic rings. The molecule has 4 nitrogen and oxygen atoms in total. The van der Waals surface area contributed by atoms with Gasteiger partial charge in [-0.1, -0.05) is 19.1 Å². The van der Waals surface area contributed by atoms with Crippen LogP contribution >= 0.6 is 0 Å². The fourth-order valence-corrected chi connectivity index (χ4v) is 2.37. The minimum absolute atomic E-state index is 0.419. The van der Waals surface area contributed by atoms with Gasteiger partial charge in [-0.25, -0.2) is 4.98 Å². The summed E-state index contributed by atoms with van der Waals surface area (Å²) in [6.45, 7) is 10.5. The summed E-state index contributed by atoms with van der Waals surface area (Å²) in [6, 6.07) is 8.64. The molecule has 0 saturated carbocycles. The molecule has 0 aliphatic heterocycles. The van der Waals surface area contributed by atoms with Crippen LogP contribution in [0.3, 0.4) is 0 Å². The van der Waals surface area contributed by atoms with Crippen LogP contribution in [0, 0.1) is 0 Å². The van der Waals surface area contributed by atoms with Gasteiger partial charge in [0.25, 0.3) is 0 Å². The summed E-state index contributed by atoms with van der Waals surface area (Å²) in [5.74, 6) is 1.74. The minimum Gasteiger partial charge on any atom is -0.354 e. The van der Waals surface area contributed by atoms with E-state index in [1.807, 2.05) is 18.2 Å². The Morgan fingerprint density at radius 1 is 1.15 bits per heavy atom. The van der Waals surface area contributed by atoms with Gasteiger partial charge in [-0.15, -0.1) is 0 Å². The van der Waals surface area contributed by atoms with Gasteiger partial charge in [0.15, 0.2) is 0 Å². The maximum Gasteiger partial charge on any atom is 0.225 e. The highest BCUT2D eigenvalue weighted by atomic mass is 15.2. The largest absolute Gasteiger partial charge is 0.354 e. The number of benzene rings is 1. The molecule has 0 radical (unpaired) electrons. The van der Waals surface area contributed by atoms with Crippen LogP contribution in [0.2, 0.25) is 0 Å². The molecule has 1 aromatic heterocycles. The summed E-state index contributed by atoms with van der Waals surface area (Å²) in [5.41, 5.74) is 0.996. The first-order valence-electron chi connectivity index (χ1n) is 7.44. The molecule has 0 unspecified atom stereocenters. The summed E-state index contributed by atoms with van der Waals surface area (Å²) in [6.07, 6.45) is 1.10. The van der Waals surface area contributed by atoms with Gasteiger partial charge in [0.2, 0.25) is 5.95 Å². The number of anilines is 2. The van der Waals surface area contributed by atoms with E-state index < -0.39 is 0 Å². The number of hydrogen-bond acceptors (Lipinski definition) is 4. The van der Waals surface area contributed by atoms with Crippen molar-refractivity contribution in [3.63, 3.8) is 0 Å². The number of nitrogens with one attached hydrogen (secondary N) is 1. The molecule has 0 saturated heterocycles. The number of fused-ring (bicyclic) bond motifs is 1. The maximum absolute atomic E-state index is 4.73. The molecule has 0 fully saturated rings. The van der Waals surface area contributed by atoms with E-state index in [2.05, 4.69) is 49.0 Å². The van der Waals surface area contributed by atoms with Crippen molar-refractivity contribution in [2.75, 3.05) is 23.3 Å². The predicted octanol–water partition coefficient (Wildman–Crippen LogP) is 3.69. The van der Waals surface area contributed by atoms with E-state index in [1.165, 1.54) is 0 Å². The van der Waals surface area contributed by atoms with Crippen LogP contribution in [0.15, 0.2) is 24.3 Å². The van der Waals surface area contributed by atoms with Crippen LogP contribution in [-0.4, -0.2) is 29.1 Å². The van der Waals surface area contributed by atoms with Crippen LogP contribution in [0.4, 0.5) is 11.8 Å². The molecule has 2 rings (SSSR count). The van der Waals surface area contributed by atoms with Gasteiger partial charge in [0.1, 0.15) is 5.82 Å². The first kappa shape index (κ1) is 14.6. The van der Waals surface area contributed by atoms with Crippen LogP contribution in [0.1, 0.15) is 34.1 Å². The van der Waals surface area contributed by atoms with Gasteiger partial charge in [0, 0.05) is 24.5 Å². The molecule has 0 atom stereocenters. The van der Waals surface area contributed by atoms with Crippen LogP contribution in [-0.2, 0) is 0 Å². The fraction of sp³-hybridized carbons (Fsp3) is 0.500. The van der Waals surface area contributed by atoms with E-state index in [0.717, 1.165) is 36.2 Å². The average Bonchev–Trinajstić information content (AvgIpc) is 2.44. The molecule has 4 heteroatoms. The van der Waals surface area contributed by atoms with Gasteiger partial charge in [0.05, 0.1) is 5.52 Å². The third kappa shape index (κ3) is 3.00. The number of nitrogens with zero attached hydrogens (tertiary/aromatic N) is 3. The van der Waals surface area contributed by atoms with Gasteiger partial charge in [-0.2, -0.15) is 4.98 Å². The van der Waals surface area contributed by atoms with Crippen molar-refractivity contribution in [2.24, 2.45) is 0 Å². The molecule has 20 heavy (non-hydrogen) atoms. The zero-order valence-electron chi connectivity index (χ0n) is 12.8. The van der Waals surface area contributed by atoms with E-state index in [0.29, 0.717) is 12.0 Å². The Kier molecular flexibility index (Phi) is 4.77. The molecular weight excluding hydrogens is 248 g/mol. The Balaban J connectivity index is 2.58. The average molecular weight is 272 g/mol. The van der Waals surface area contributed by atoms with Gasteiger partial charge in [-0.3, -0.25) is 0 Å². The van der Waals surface area contributed by atoms with E-state index in [9.17, 15) is 0 Å². The summed E-state index contributed by atoms with van der Waals surface area (Å²) < 4.78 is 0. The zero-order valence-corrected chi connectivity index (χ0v) is 12.8. The third-order valence-corrected chi connectivity index (χ3v) is 3.28. The Morgan fingerprint density at radius 2 is 1.90 bits per heavy atom. The molecule has 108 valence electrons. The smallest absolute Gasteiger partial charge is 0.225 e. The topological polar surface area (TPSA) is 41.1 Å². The number of para-hydroxylation sites is 1. The molecular formula is C16H24N4. The highest BCUT2D eigenvalue weighted by Crippen LogP contribution is 2.26. The Bertz CT molecular complexity index is 565. The lowest BCUT2D eigenvalue weighted by Gasteiger charge is -2.28. The van der Waals surface area contributed by atoms with Crippen molar-refractivity contribution in [2.45, 2.75) is 40.2 Å². The SMILES string of the molecule is CCCN(c1nc(NCC)nc2ccccc12)C(C)C. The molecule has 0 spiro atoms. The Morgan fingerprint density at radius 3 is 2.55 bits per heavy atom. The van der Waals surface area contributed by atoms with E-state index >= 15 is 0 Å². The first-order chi connectivity index (χ1) is 9.67. The zero-order chi connectivity index (χ0) is 14.5. The molecule has 1 aromatic carbocycles. The number of rotatable bonds is 6. The van der Waals surface area contributed by atoms with Crippen molar-refractivity contribution >= 4 is 22.7 Å². The van der Waals surface area contributed by atoms with Crippen LogP contribution in [0.25, 0.3) is 10.9 Å². The summed E-state index contributed by atoms with van der Waals surface area (Å²) in [5, 5.41) is 4.35. The highest BCUT2D eigenvalue weighted by molar-refractivity contribution is 5.90. The van der Waals surface area contributed by atoms with Crippen molar-refractivity contribution < 1.29 is 0 Å². The lowest BCUT2D eigenvalue weighted by molar-refractivity contribution is 0.664. The second-order valence-electron chi connectivity index (χ2n) is 5.21.